The fourth-order valence-corrected chi connectivity index (χ4v) is 4.79. The minimum atomic E-state index is -0.334. The van der Waals surface area contributed by atoms with Crippen molar-refractivity contribution in [3.8, 4) is 16.9 Å². The van der Waals surface area contributed by atoms with E-state index in [1.807, 2.05) is 56.4 Å². The summed E-state index contributed by atoms with van der Waals surface area (Å²) in [5.74, 6) is 0.287. The molecule has 232 valence electrons. The SMILES string of the molecule is CCOc1cc(C(=O)N(CC)CCOC)ccc1Nc1nc2ccc(-c3ccc(NC(=O)Cc4ccc(F)cc4)cc3)cn2n1. The molecule has 0 saturated carbocycles. The van der Waals surface area contributed by atoms with Gasteiger partial charge in [0.25, 0.3) is 5.91 Å². The first-order valence-electron chi connectivity index (χ1n) is 14.7. The van der Waals surface area contributed by atoms with Crippen LogP contribution in [-0.4, -0.2) is 64.7 Å². The topological polar surface area (TPSA) is 110 Å². The molecule has 0 unspecified atom stereocenters. The number of nitrogens with one attached hydrogen (secondary N) is 2. The van der Waals surface area contributed by atoms with Gasteiger partial charge in [0.2, 0.25) is 11.9 Å². The largest absolute Gasteiger partial charge is 0.492 e. The highest BCUT2D eigenvalue weighted by atomic mass is 19.1. The third-order valence-electron chi connectivity index (χ3n) is 7.12. The van der Waals surface area contributed by atoms with E-state index >= 15 is 0 Å². The maximum Gasteiger partial charge on any atom is 0.254 e. The monoisotopic (exact) mass is 610 g/mol. The first-order chi connectivity index (χ1) is 21.9. The van der Waals surface area contributed by atoms with Gasteiger partial charge < -0.3 is 25.0 Å². The van der Waals surface area contributed by atoms with Crippen LogP contribution in [0.2, 0.25) is 0 Å². The number of carbonyl (C=O) groups excluding carboxylic acids is 2. The molecule has 3 aromatic carbocycles. The van der Waals surface area contributed by atoms with Gasteiger partial charge in [-0.1, -0.05) is 24.3 Å². The van der Waals surface area contributed by atoms with Crippen molar-refractivity contribution in [3.05, 3.63) is 102 Å². The summed E-state index contributed by atoms with van der Waals surface area (Å²) in [6.07, 6.45) is 2.03. The Morgan fingerprint density at radius 3 is 2.42 bits per heavy atom. The van der Waals surface area contributed by atoms with Gasteiger partial charge in [0, 0.05) is 43.2 Å². The molecule has 0 aliphatic heterocycles. The number of pyridine rings is 1. The molecule has 10 nitrogen and oxygen atoms in total. The van der Waals surface area contributed by atoms with Crippen LogP contribution in [0.4, 0.5) is 21.7 Å². The second-order valence-corrected chi connectivity index (χ2v) is 10.2. The van der Waals surface area contributed by atoms with E-state index in [-0.39, 0.29) is 24.1 Å². The van der Waals surface area contributed by atoms with E-state index in [0.29, 0.717) is 60.6 Å². The van der Waals surface area contributed by atoms with Crippen molar-refractivity contribution in [2.24, 2.45) is 0 Å². The number of nitrogens with zero attached hydrogens (tertiary/aromatic N) is 4. The van der Waals surface area contributed by atoms with Gasteiger partial charge in [-0.25, -0.2) is 8.91 Å². The smallest absolute Gasteiger partial charge is 0.254 e. The van der Waals surface area contributed by atoms with Crippen molar-refractivity contribution in [2.75, 3.05) is 44.0 Å². The molecule has 0 fully saturated rings. The third kappa shape index (κ3) is 7.81. The van der Waals surface area contributed by atoms with E-state index in [9.17, 15) is 14.0 Å². The minimum absolute atomic E-state index is 0.0964. The predicted molar refractivity (Wildman–Crippen MR) is 172 cm³/mol. The van der Waals surface area contributed by atoms with Gasteiger partial charge >= 0.3 is 0 Å². The lowest BCUT2D eigenvalue weighted by molar-refractivity contribution is -0.115. The molecule has 2 heterocycles. The van der Waals surface area contributed by atoms with Crippen LogP contribution in [0.5, 0.6) is 5.75 Å². The Kier molecular flexibility index (Phi) is 10.0. The molecule has 0 aliphatic rings. The molecule has 5 rings (SSSR count). The highest BCUT2D eigenvalue weighted by molar-refractivity contribution is 5.95. The molecular formula is C34H35FN6O4. The number of carbonyl (C=O) groups is 2. The van der Waals surface area contributed by atoms with E-state index in [2.05, 4.69) is 20.7 Å². The third-order valence-corrected chi connectivity index (χ3v) is 7.12. The maximum atomic E-state index is 13.1. The van der Waals surface area contributed by atoms with Crippen molar-refractivity contribution in [3.63, 3.8) is 0 Å². The number of ether oxygens (including phenoxy) is 2. The molecule has 11 heteroatoms. The van der Waals surface area contributed by atoms with Crippen molar-refractivity contribution < 1.29 is 23.5 Å². The van der Waals surface area contributed by atoms with E-state index in [1.165, 1.54) is 12.1 Å². The summed E-state index contributed by atoms with van der Waals surface area (Å²) in [5, 5.41) is 10.7. The number of rotatable bonds is 13. The molecule has 5 aromatic rings. The maximum absolute atomic E-state index is 13.1. The van der Waals surface area contributed by atoms with Crippen LogP contribution in [0, 0.1) is 5.82 Å². The molecule has 0 bridgehead atoms. The van der Waals surface area contributed by atoms with Gasteiger partial charge in [-0.15, -0.1) is 5.10 Å². The summed E-state index contributed by atoms with van der Waals surface area (Å²) in [4.78, 5) is 31.8. The first kappa shape index (κ1) is 31.1. The molecule has 45 heavy (non-hydrogen) atoms. The number of halogens is 1. The van der Waals surface area contributed by atoms with Crippen LogP contribution < -0.4 is 15.4 Å². The normalized spacial score (nSPS) is 10.9. The first-order valence-corrected chi connectivity index (χ1v) is 14.7. The number of benzene rings is 3. The Morgan fingerprint density at radius 1 is 0.956 bits per heavy atom. The van der Waals surface area contributed by atoms with E-state index in [0.717, 1.165) is 16.7 Å². The summed E-state index contributed by atoms with van der Waals surface area (Å²) in [7, 11) is 1.61. The number of hydrogen-bond acceptors (Lipinski definition) is 7. The number of likely N-dealkylation sites (N-methyl/N-ethyl adjacent to an activating group) is 1. The summed E-state index contributed by atoms with van der Waals surface area (Å²) in [6.45, 7) is 5.77. The number of aromatic nitrogens is 3. The van der Waals surface area contributed by atoms with Crippen LogP contribution in [-0.2, 0) is 16.0 Å². The highest BCUT2D eigenvalue weighted by Gasteiger charge is 2.17. The quantitative estimate of drug-likeness (QED) is 0.169. The Balaban J connectivity index is 1.27. The van der Waals surface area contributed by atoms with E-state index in [1.54, 1.807) is 46.9 Å². The van der Waals surface area contributed by atoms with Crippen LogP contribution in [0.25, 0.3) is 16.8 Å². The molecule has 0 saturated heterocycles. The van der Waals surface area contributed by atoms with E-state index < -0.39 is 0 Å². The zero-order valence-corrected chi connectivity index (χ0v) is 25.4. The molecule has 0 atom stereocenters. The fraction of sp³-hybridized carbons (Fsp3) is 0.235. The number of anilines is 3. The Hall–Kier alpha value is -5.29. The van der Waals surface area contributed by atoms with Gasteiger partial charge in [-0.05, 0) is 79.6 Å². The second-order valence-electron chi connectivity index (χ2n) is 10.2. The molecular weight excluding hydrogens is 575 g/mol. The Labute approximate surface area is 260 Å². The van der Waals surface area contributed by atoms with Gasteiger partial charge in [0.05, 0.1) is 25.3 Å². The van der Waals surface area contributed by atoms with Gasteiger partial charge in [0.15, 0.2) is 5.65 Å². The van der Waals surface area contributed by atoms with Crippen LogP contribution >= 0.6 is 0 Å². The lowest BCUT2D eigenvalue weighted by Gasteiger charge is -2.21. The second kappa shape index (κ2) is 14.5. The summed E-state index contributed by atoms with van der Waals surface area (Å²) < 4.78 is 25.8. The standard InChI is InChI=1S/C34H35FN6O4/c1-4-40(18-19-44-3)33(43)25-10-16-29(30(21-25)45-5-2)37-34-38-31-17-11-26(22-41(31)39-34)24-8-14-28(15-9-24)36-32(42)20-23-6-12-27(35)13-7-23/h6-17,21-22H,4-5,18-20H2,1-3H3,(H,36,42)(H,37,39). The zero-order valence-electron chi connectivity index (χ0n) is 25.4. The number of methoxy groups -OCH3 is 1. The summed E-state index contributed by atoms with van der Waals surface area (Å²) in [5.41, 5.74) is 5.05. The Morgan fingerprint density at radius 2 is 1.71 bits per heavy atom. The molecule has 0 radical (unpaired) electrons. The zero-order chi connectivity index (χ0) is 31.8. The average molecular weight is 611 g/mol. The molecule has 0 aliphatic carbocycles. The van der Waals surface area contributed by atoms with Crippen molar-refractivity contribution in [2.45, 2.75) is 20.3 Å². The fourth-order valence-electron chi connectivity index (χ4n) is 4.79. The summed E-state index contributed by atoms with van der Waals surface area (Å²) in [6, 6.07) is 22.5. The highest BCUT2D eigenvalue weighted by Crippen LogP contribution is 2.29. The lowest BCUT2D eigenvalue weighted by atomic mass is 10.1. The molecule has 0 spiro atoms. The molecule has 2 N–H and O–H groups in total. The van der Waals surface area contributed by atoms with Crippen molar-refractivity contribution in [1.82, 2.24) is 19.5 Å². The van der Waals surface area contributed by atoms with Gasteiger partial charge in [-0.2, -0.15) is 4.98 Å². The number of amides is 2. The van der Waals surface area contributed by atoms with Gasteiger partial charge in [0.1, 0.15) is 11.6 Å². The Bertz CT molecular complexity index is 1770. The predicted octanol–water partition coefficient (Wildman–Crippen LogP) is 5.97. The molecule has 2 amide bonds. The van der Waals surface area contributed by atoms with E-state index in [4.69, 9.17) is 9.47 Å². The number of fused-ring (bicyclic) bond motifs is 1. The average Bonchev–Trinajstić information content (AvgIpc) is 3.45. The lowest BCUT2D eigenvalue weighted by Crippen LogP contribution is -2.33. The van der Waals surface area contributed by atoms with Crippen molar-refractivity contribution >= 4 is 34.8 Å². The van der Waals surface area contributed by atoms with Crippen molar-refractivity contribution in [1.29, 1.82) is 0 Å². The summed E-state index contributed by atoms with van der Waals surface area (Å²) >= 11 is 0. The van der Waals surface area contributed by atoms with Gasteiger partial charge in [-0.3, -0.25) is 9.59 Å². The van der Waals surface area contributed by atoms with Crippen LogP contribution in [0.3, 0.4) is 0 Å². The van der Waals surface area contributed by atoms with Crippen LogP contribution in [0.15, 0.2) is 85.1 Å². The molecule has 2 aromatic heterocycles. The van der Waals surface area contributed by atoms with Crippen LogP contribution in [0.1, 0.15) is 29.8 Å². The minimum Gasteiger partial charge on any atom is -0.492 e. The number of hydrogen-bond donors (Lipinski definition) is 2.